The molecule has 0 saturated heterocycles. The minimum Gasteiger partial charge on any atom is -0.309 e. The second-order valence-corrected chi connectivity index (χ2v) is 7.06. The van der Waals surface area contributed by atoms with Gasteiger partial charge in [-0.2, -0.15) is 0 Å². The highest BCUT2D eigenvalue weighted by Crippen LogP contribution is 2.65. The minimum absolute atomic E-state index is 0.840. The Kier molecular flexibility index (Phi) is 2.15. The van der Waals surface area contributed by atoms with Crippen LogP contribution < -0.4 is 5.32 Å². The Morgan fingerprint density at radius 1 is 1.31 bits per heavy atom. The highest BCUT2D eigenvalue weighted by atomic mass is 35.5. The van der Waals surface area contributed by atoms with E-state index < -0.39 is 0 Å². The van der Waals surface area contributed by atoms with Crippen molar-refractivity contribution in [2.24, 2.45) is 23.7 Å². The first-order valence-corrected chi connectivity index (χ1v) is 7.55. The third-order valence-electron chi connectivity index (χ3n) is 4.87. The minimum atomic E-state index is 0.840. The molecule has 4 unspecified atom stereocenters. The zero-order valence-corrected chi connectivity index (χ0v) is 10.7. The number of rotatable bonds is 3. The van der Waals surface area contributed by atoms with Gasteiger partial charge in [0.15, 0.2) is 0 Å². The average molecular weight is 254 g/mol. The van der Waals surface area contributed by atoms with E-state index in [1.54, 1.807) is 17.8 Å². The van der Waals surface area contributed by atoms with Gasteiger partial charge >= 0.3 is 0 Å². The molecule has 0 aromatic carbocycles. The van der Waals surface area contributed by atoms with Gasteiger partial charge in [0.1, 0.15) is 0 Å². The number of halogens is 1. The van der Waals surface area contributed by atoms with Crippen molar-refractivity contribution in [3.05, 3.63) is 21.3 Å². The van der Waals surface area contributed by atoms with E-state index in [1.807, 2.05) is 5.38 Å². The van der Waals surface area contributed by atoms with Crippen LogP contribution in [-0.2, 0) is 6.54 Å². The summed E-state index contributed by atoms with van der Waals surface area (Å²) in [6, 6.07) is 2.93. The molecule has 2 bridgehead atoms. The van der Waals surface area contributed by atoms with Crippen LogP contribution in [0, 0.1) is 23.7 Å². The standard InChI is InChI=1S/C13H16ClNS/c14-9-4-10(16-6-9)5-15-13-11-7-1-2-8(3-7)12(11)13/h4,6-8,11-13,15H,1-3,5H2. The van der Waals surface area contributed by atoms with Gasteiger partial charge in [0.25, 0.3) is 0 Å². The lowest BCUT2D eigenvalue weighted by atomic mass is 10.0. The van der Waals surface area contributed by atoms with Gasteiger partial charge in [-0.3, -0.25) is 0 Å². The van der Waals surface area contributed by atoms with Gasteiger partial charge in [-0.15, -0.1) is 11.3 Å². The molecule has 1 aromatic heterocycles. The molecule has 4 rings (SSSR count). The Morgan fingerprint density at radius 3 is 2.69 bits per heavy atom. The molecule has 16 heavy (non-hydrogen) atoms. The van der Waals surface area contributed by atoms with Gasteiger partial charge in [-0.05, 0) is 49.0 Å². The molecule has 0 aliphatic heterocycles. The number of nitrogens with one attached hydrogen (secondary N) is 1. The summed E-state index contributed by atoms with van der Waals surface area (Å²) in [7, 11) is 0. The molecule has 1 aromatic rings. The van der Waals surface area contributed by atoms with Crippen molar-refractivity contribution < 1.29 is 0 Å². The van der Waals surface area contributed by atoms with Crippen molar-refractivity contribution in [2.75, 3.05) is 0 Å². The van der Waals surface area contributed by atoms with Crippen LogP contribution in [0.25, 0.3) is 0 Å². The molecule has 3 heteroatoms. The number of hydrogen-bond acceptors (Lipinski definition) is 2. The van der Waals surface area contributed by atoms with Gasteiger partial charge in [-0.25, -0.2) is 0 Å². The lowest BCUT2D eigenvalue weighted by Crippen LogP contribution is -2.21. The first-order chi connectivity index (χ1) is 7.83. The van der Waals surface area contributed by atoms with Crippen molar-refractivity contribution in [3.63, 3.8) is 0 Å². The van der Waals surface area contributed by atoms with Crippen molar-refractivity contribution in [3.8, 4) is 0 Å². The third kappa shape index (κ3) is 1.40. The summed E-state index contributed by atoms with van der Waals surface area (Å²) in [4.78, 5) is 1.38. The van der Waals surface area contributed by atoms with Gasteiger partial charge in [-0.1, -0.05) is 11.6 Å². The normalized spacial score (nSPS) is 43.7. The summed E-state index contributed by atoms with van der Waals surface area (Å²) in [6.07, 6.45) is 4.56. The zero-order chi connectivity index (χ0) is 10.7. The first kappa shape index (κ1) is 9.93. The molecule has 0 radical (unpaired) electrons. The molecule has 86 valence electrons. The molecule has 3 aliphatic carbocycles. The summed E-state index contributed by atoms with van der Waals surface area (Å²) in [5, 5.41) is 6.65. The van der Waals surface area contributed by atoms with E-state index in [0.29, 0.717) is 0 Å². The van der Waals surface area contributed by atoms with Crippen LogP contribution in [0.4, 0.5) is 0 Å². The molecular weight excluding hydrogens is 238 g/mol. The maximum atomic E-state index is 5.93. The van der Waals surface area contributed by atoms with Crippen LogP contribution >= 0.6 is 22.9 Å². The molecule has 0 amide bonds. The molecule has 3 aliphatic rings. The molecule has 3 fully saturated rings. The summed E-state index contributed by atoms with van der Waals surface area (Å²) in [6.45, 7) is 1.02. The Labute approximate surface area is 105 Å². The lowest BCUT2D eigenvalue weighted by Gasteiger charge is -2.09. The molecule has 1 heterocycles. The number of hydrogen-bond donors (Lipinski definition) is 1. The second kappa shape index (κ2) is 3.47. The Bertz CT molecular complexity index is 400. The van der Waals surface area contributed by atoms with Crippen molar-refractivity contribution in [2.45, 2.75) is 31.8 Å². The highest BCUT2D eigenvalue weighted by molar-refractivity contribution is 7.10. The predicted octanol–water partition coefficient (Wildman–Crippen LogP) is 3.54. The molecule has 3 saturated carbocycles. The molecule has 0 spiro atoms. The van der Waals surface area contributed by atoms with Gasteiger partial charge in [0.05, 0.1) is 5.02 Å². The Hall–Kier alpha value is -0.0500. The fourth-order valence-corrected chi connectivity index (χ4v) is 5.29. The van der Waals surface area contributed by atoms with E-state index >= 15 is 0 Å². The first-order valence-electron chi connectivity index (χ1n) is 6.29. The van der Waals surface area contributed by atoms with Crippen LogP contribution in [0.5, 0.6) is 0 Å². The highest BCUT2D eigenvalue weighted by Gasteiger charge is 2.64. The third-order valence-corrected chi connectivity index (χ3v) is 6.15. The van der Waals surface area contributed by atoms with Crippen molar-refractivity contribution in [1.29, 1.82) is 0 Å². The maximum Gasteiger partial charge on any atom is 0.0516 e. The van der Waals surface area contributed by atoms with Crippen LogP contribution in [-0.4, -0.2) is 6.04 Å². The van der Waals surface area contributed by atoms with Crippen LogP contribution in [0.2, 0.25) is 5.02 Å². The summed E-state index contributed by atoms with van der Waals surface area (Å²) >= 11 is 7.70. The fourth-order valence-electron chi connectivity index (χ4n) is 4.26. The topological polar surface area (TPSA) is 12.0 Å². The maximum absolute atomic E-state index is 5.93. The van der Waals surface area contributed by atoms with Gasteiger partial charge in [0, 0.05) is 22.8 Å². The monoisotopic (exact) mass is 253 g/mol. The lowest BCUT2D eigenvalue weighted by molar-refractivity contribution is 0.456. The van der Waals surface area contributed by atoms with Gasteiger partial charge < -0.3 is 5.32 Å². The van der Waals surface area contributed by atoms with E-state index in [9.17, 15) is 0 Å². The van der Waals surface area contributed by atoms with Crippen LogP contribution in [0.15, 0.2) is 11.4 Å². The van der Waals surface area contributed by atoms with Crippen LogP contribution in [0.3, 0.4) is 0 Å². The van der Waals surface area contributed by atoms with Crippen LogP contribution in [0.1, 0.15) is 24.1 Å². The molecular formula is C13H16ClNS. The smallest absolute Gasteiger partial charge is 0.0516 e. The molecule has 1 N–H and O–H groups in total. The van der Waals surface area contributed by atoms with E-state index in [0.717, 1.165) is 41.3 Å². The predicted molar refractivity (Wildman–Crippen MR) is 67.8 cm³/mol. The van der Waals surface area contributed by atoms with E-state index in [4.69, 9.17) is 11.6 Å². The fraction of sp³-hybridized carbons (Fsp3) is 0.692. The molecule has 4 atom stereocenters. The summed E-state index contributed by atoms with van der Waals surface area (Å²) in [5.74, 6) is 4.21. The Balaban J connectivity index is 1.37. The number of thiophene rings is 1. The zero-order valence-electron chi connectivity index (χ0n) is 9.16. The quantitative estimate of drug-likeness (QED) is 0.869. The van der Waals surface area contributed by atoms with Crippen molar-refractivity contribution >= 4 is 22.9 Å². The summed E-state index contributed by atoms with van der Waals surface area (Å²) in [5.41, 5.74) is 0. The SMILES string of the molecule is Clc1csc(CNC2C3C4CCC(C4)C23)c1. The largest absolute Gasteiger partial charge is 0.309 e. The second-order valence-electron chi connectivity index (χ2n) is 5.63. The van der Waals surface area contributed by atoms with E-state index in [-0.39, 0.29) is 0 Å². The van der Waals surface area contributed by atoms with E-state index in [1.165, 1.54) is 17.7 Å². The van der Waals surface area contributed by atoms with Gasteiger partial charge in [0.2, 0.25) is 0 Å². The number of fused-ring (bicyclic) bond motifs is 5. The average Bonchev–Trinajstić information content (AvgIpc) is 2.70. The van der Waals surface area contributed by atoms with E-state index in [2.05, 4.69) is 11.4 Å². The Morgan fingerprint density at radius 2 is 2.06 bits per heavy atom. The molecule has 1 nitrogen and oxygen atoms in total. The van der Waals surface area contributed by atoms with Crippen molar-refractivity contribution in [1.82, 2.24) is 5.32 Å². The summed E-state index contributed by atoms with van der Waals surface area (Å²) < 4.78 is 0.